The van der Waals surface area contributed by atoms with E-state index in [1.807, 2.05) is 0 Å². The van der Waals surface area contributed by atoms with Gasteiger partial charge in [0, 0.05) is 12.1 Å². The number of rotatable bonds is 6. The molecule has 0 aliphatic carbocycles. The first-order chi connectivity index (χ1) is 12.9. The molecule has 0 atom stereocenters. The minimum atomic E-state index is -0.793. The van der Waals surface area contributed by atoms with E-state index >= 15 is 0 Å². The van der Waals surface area contributed by atoms with Gasteiger partial charge in [-0.1, -0.05) is 23.9 Å². The molecule has 0 radical (unpaired) electrons. The summed E-state index contributed by atoms with van der Waals surface area (Å²) in [6, 6.07) is 8.83. The van der Waals surface area contributed by atoms with Crippen LogP contribution in [0.2, 0.25) is 0 Å². The molecule has 1 amide bonds. The van der Waals surface area contributed by atoms with Gasteiger partial charge in [0.1, 0.15) is 11.6 Å². The highest BCUT2D eigenvalue weighted by molar-refractivity contribution is 7.99. The van der Waals surface area contributed by atoms with Crippen LogP contribution in [0.3, 0.4) is 0 Å². The zero-order valence-electron chi connectivity index (χ0n) is 13.5. The molecule has 138 valence electrons. The van der Waals surface area contributed by atoms with Gasteiger partial charge in [0.25, 0.3) is 5.69 Å². The first kappa shape index (κ1) is 18.5. The number of carbonyl (C=O) groups excluding carboxylic acids is 1. The summed E-state index contributed by atoms with van der Waals surface area (Å²) in [6.45, 7) is 0. The van der Waals surface area contributed by atoms with Gasteiger partial charge in [0.05, 0.1) is 21.9 Å². The van der Waals surface area contributed by atoms with Gasteiger partial charge in [-0.05, 0) is 18.2 Å². The molecule has 0 fully saturated rings. The predicted octanol–water partition coefficient (Wildman–Crippen LogP) is 3.39. The van der Waals surface area contributed by atoms with Crippen molar-refractivity contribution in [2.75, 3.05) is 11.1 Å². The van der Waals surface area contributed by atoms with Crippen molar-refractivity contribution in [2.45, 2.75) is 5.16 Å². The van der Waals surface area contributed by atoms with Crippen LogP contribution in [0.4, 0.5) is 20.2 Å². The van der Waals surface area contributed by atoms with Crippen molar-refractivity contribution < 1.29 is 18.5 Å². The van der Waals surface area contributed by atoms with E-state index in [0.717, 1.165) is 30.0 Å². The predicted molar refractivity (Wildman–Crippen MR) is 94.2 cm³/mol. The van der Waals surface area contributed by atoms with Gasteiger partial charge in [0.2, 0.25) is 11.1 Å². The highest BCUT2D eigenvalue weighted by Gasteiger charge is 2.15. The van der Waals surface area contributed by atoms with Crippen LogP contribution in [0, 0.1) is 21.7 Å². The van der Waals surface area contributed by atoms with Gasteiger partial charge < -0.3 is 5.32 Å². The van der Waals surface area contributed by atoms with E-state index in [9.17, 15) is 23.7 Å². The van der Waals surface area contributed by atoms with Crippen LogP contribution in [0.1, 0.15) is 0 Å². The molecule has 0 aliphatic rings. The summed E-state index contributed by atoms with van der Waals surface area (Å²) >= 11 is 0.941. The third kappa shape index (κ3) is 4.44. The van der Waals surface area contributed by atoms with E-state index in [1.165, 1.54) is 12.1 Å². The number of nitro benzene ring substituents is 1. The van der Waals surface area contributed by atoms with Crippen LogP contribution in [0.25, 0.3) is 11.4 Å². The zero-order valence-corrected chi connectivity index (χ0v) is 14.3. The second-order valence-electron chi connectivity index (χ2n) is 5.20. The SMILES string of the molecule is O=C(CSc1n[nH]c(-c2ccccc2F)n1)Nc1cc([N+](=O)[O-])ccc1F. The Hall–Kier alpha value is -3.34. The van der Waals surface area contributed by atoms with Crippen LogP contribution < -0.4 is 5.32 Å². The van der Waals surface area contributed by atoms with Crippen molar-refractivity contribution in [1.82, 2.24) is 15.2 Å². The molecular weight excluding hydrogens is 380 g/mol. The lowest BCUT2D eigenvalue weighted by molar-refractivity contribution is -0.384. The third-order valence-electron chi connectivity index (χ3n) is 3.36. The first-order valence-electron chi connectivity index (χ1n) is 7.48. The second kappa shape index (κ2) is 7.91. The molecule has 0 saturated heterocycles. The summed E-state index contributed by atoms with van der Waals surface area (Å²) in [7, 11) is 0. The van der Waals surface area contributed by atoms with Crippen molar-refractivity contribution in [1.29, 1.82) is 0 Å². The highest BCUT2D eigenvalue weighted by Crippen LogP contribution is 2.23. The molecule has 8 nitrogen and oxygen atoms in total. The standard InChI is InChI=1S/C16H11F2N5O3S/c17-11-4-2-1-3-10(11)15-20-16(22-21-15)27-8-14(24)19-13-7-9(23(25)26)5-6-12(13)18/h1-7H,8H2,(H,19,24)(H,20,21,22). The minimum absolute atomic E-state index is 0.170. The number of hydrogen-bond acceptors (Lipinski definition) is 6. The van der Waals surface area contributed by atoms with E-state index in [0.29, 0.717) is 0 Å². The Morgan fingerprint density at radius 2 is 2.00 bits per heavy atom. The molecule has 0 saturated carbocycles. The number of nitro groups is 1. The average molecular weight is 391 g/mol. The number of nitrogens with zero attached hydrogens (tertiary/aromatic N) is 3. The molecule has 11 heteroatoms. The Bertz CT molecular complexity index is 1010. The molecule has 0 bridgehead atoms. The van der Waals surface area contributed by atoms with Crippen LogP contribution in [0.15, 0.2) is 47.6 Å². The number of non-ortho nitro benzene ring substituents is 1. The maximum absolute atomic E-state index is 13.7. The maximum atomic E-state index is 13.7. The summed E-state index contributed by atoms with van der Waals surface area (Å²) in [4.78, 5) is 26.1. The maximum Gasteiger partial charge on any atom is 0.271 e. The number of thioether (sulfide) groups is 1. The van der Waals surface area contributed by atoms with Crippen molar-refractivity contribution in [3.63, 3.8) is 0 Å². The van der Waals surface area contributed by atoms with Crippen LogP contribution in [0.5, 0.6) is 0 Å². The van der Waals surface area contributed by atoms with Crippen molar-refractivity contribution >= 4 is 29.0 Å². The van der Waals surface area contributed by atoms with E-state index in [2.05, 4.69) is 20.5 Å². The molecule has 3 aromatic rings. The van der Waals surface area contributed by atoms with Crippen molar-refractivity contribution in [2.24, 2.45) is 0 Å². The summed E-state index contributed by atoms with van der Waals surface area (Å²) in [5.41, 5.74) is -0.403. The highest BCUT2D eigenvalue weighted by atomic mass is 32.2. The monoisotopic (exact) mass is 391 g/mol. The lowest BCUT2D eigenvalue weighted by Crippen LogP contribution is -2.15. The van der Waals surface area contributed by atoms with Gasteiger partial charge >= 0.3 is 0 Å². The Labute approximate surface area is 155 Å². The van der Waals surface area contributed by atoms with Crippen molar-refractivity contribution in [3.8, 4) is 11.4 Å². The van der Waals surface area contributed by atoms with E-state index in [-0.39, 0.29) is 33.7 Å². The molecule has 1 heterocycles. The first-order valence-corrected chi connectivity index (χ1v) is 8.46. The Balaban J connectivity index is 1.63. The second-order valence-corrected chi connectivity index (χ2v) is 6.15. The minimum Gasteiger partial charge on any atom is -0.323 e. The van der Waals surface area contributed by atoms with Crippen molar-refractivity contribution in [3.05, 3.63) is 64.2 Å². The fraction of sp³-hybridized carbons (Fsp3) is 0.0625. The van der Waals surface area contributed by atoms with Crippen LogP contribution >= 0.6 is 11.8 Å². The Morgan fingerprint density at radius 1 is 1.22 bits per heavy atom. The molecule has 2 N–H and O–H groups in total. The van der Waals surface area contributed by atoms with Gasteiger partial charge in [-0.2, -0.15) is 0 Å². The average Bonchev–Trinajstić information content (AvgIpc) is 3.11. The summed E-state index contributed by atoms with van der Waals surface area (Å²) in [5.74, 6) is -1.82. The fourth-order valence-corrected chi connectivity index (χ4v) is 2.72. The molecular formula is C16H11F2N5O3S. The summed E-state index contributed by atoms with van der Waals surface area (Å²) in [5, 5.41) is 19.6. The van der Waals surface area contributed by atoms with E-state index in [1.54, 1.807) is 12.1 Å². The number of nitrogens with one attached hydrogen (secondary N) is 2. The van der Waals surface area contributed by atoms with Gasteiger partial charge in [0.15, 0.2) is 5.82 Å². The summed E-state index contributed by atoms with van der Waals surface area (Å²) in [6.07, 6.45) is 0. The lowest BCUT2D eigenvalue weighted by atomic mass is 10.2. The third-order valence-corrected chi connectivity index (χ3v) is 4.21. The zero-order chi connectivity index (χ0) is 19.4. The fourth-order valence-electron chi connectivity index (χ4n) is 2.12. The van der Waals surface area contributed by atoms with Gasteiger partial charge in [-0.25, -0.2) is 13.8 Å². The number of H-pyrrole nitrogens is 1. The number of halogens is 2. The van der Waals surface area contributed by atoms with E-state index < -0.39 is 22.5 Å². The number of anilines is 1. The number of aromatic nitrogens is 3. The molecule has 0 spiro atoms. The largest absolute Gasteiger partial charge is 0.323 e. The van der Waals surface area contributed by atoms with Gasteiger partial charge in [-0.3, -0.25) is 20.0 Å². The molecule has 2 aromatic carbocycles. The normalized spacial score (nSPS) is 10.6. The Morgan fingerprint density at radius 3 is 2.74 bits per heavy atom. The number of carbonyl (C=O) groups is 1. The van der Waals surface area contributed by atoms with Crippen LogP contribution in [-0.2, 0) is 4.79 Å². The van der Waals surface area contributed by atoms with E-state index in [4.69, 9.17) is 0 Å². The number of aromatic amines is 1. The summed E-state index contributed by atoms with van der Waals surface area (Å²) < 4.78 is 27.4. The number of benzene rings is 2. The number of hydrogen-bond donors (Lipinski definition) is 2. The molecule has 0 unspecified atom stereocenters. The topological polar surface area (TPSA) is 114 Å². The van der Waals surface area contributed by atoms with Gasteiger partial charge in [-0.15, -0.1) is 5.10 Å². The lowest BCUT2D eigenvalue weighted by Gasteiger charge is -2.05. The Kier molecular flexibility index (Phi) is 5.41. The smallest absolute Gasteiger partial charge is 0.271 e. The molecule has 3 rings (SSSR count). The number of amides is 1. The molecule has 27 heavy (non-hydrogen) atoms. The molecule has 0 aliphatic heterocycles. The van der Waals surface area contributed by atoms with Crippen LogP contribution in [-0.4, -0.2) is 31.8 Å². The molecule has 1 aromatic heterocycles. The quantitative estimate of drug-likeness (QED) is 0.378.